The van der Waals surface area contributed by atoms with Crippen molar-refractivity contribution in [1.82, 2.24) is 10.6 Å². The van der Waals surface area contributed by atoms with Crippen molar-refractivity contribution in [3.8, 4) is 11.1 Å². The molecule has 0 aromatic heterocycles. The molecule has 1 aliphatic heterocycles. The highest BCUT2D eigenvalue weighted by molar-refractivity contribution is 6.01. The van der Waals surface area contributed by atoms with Gasteiger partial charge in [-0.15, -0.1) is 0 Å². The number of alkyl carbamates (subject to hydrolysis) is 1. The number of ether oxygens (including phenoxy) is 1. The fourth-order valence-corrected chi connectivity index (χ4v) is 5.17. The van der Waals surface area contributed by atoms with Crippen molar-refractivity contribution in [2.75, 3.05) is 13.2 Å². The van der Waals surface area contributed by atoms with Crippen LogP contribution < -0.4 is 10.6 Å². The maximum Gasteiger partial charge on any atom is 0.407 e. The Morgan fingerprint density at radius 3 is 2.17 bits per heavy atom. The van der Waals surface area contributed by atoms with E-state index >= 15 is 0 Å². The molecule has 0 bridgehead atoms. The minimum absolute atomic E-state index is 0.0953. The molecule has 2 aliphatic rings. The molecule has 3 aromatic rings. The number of rotatable bonds is 7. The van der Waals surface area contributed by atoms with E-state index in [0.29, 0.717) is 13.0 Å². The second-order valence-electron chi connectivity index (χ2n) is 8.92. The average molecular weight is 471 g/mol. The van der Waals surface area contributed by atoms with Gasteiger partial charge in [-0.1, -0.05) is 72.8 Å². The van der Waals surface area contributed by atoms with Crippen LogP contribution in [0.15, 0.2) is 72.8 Å². The third kappa shape index (κ3) is 4.55. The molecule has 0 saturated carbocycles. The number of carbonyl (C=O) groups is 3. The van der Waals surface area contributed by atoms with E-state index in [1.807, 2.05) is 60.7 Å². The van der Waals surface area contributed by atoms with Gasteiger partial charge in [0.1, 0.15) is 12.5 Å². The number of hydrogen-bond donors (Lipinski definition) is 3. The molecule has 2 unspecified atom stereocenters. The Kier molecular flexibility index (Phi) is 6.33. The highest BCUT2D eigenvalue weighted by Gasteiger charge is 2.36. The third-order valence-corrected chi connectivity index (χ3v) is 6.88. The SMILES string of the molecule is O=C(NCC(=O)C(C(=O)O)C1Cc2ccccc2CN1)OCC1c2ccccc2-c2ccccc21. The maximum absolute atomic E-state index is 12.8. The minimum Gasteiger partial charge on any atom is -0.481 e. The molecule has 1 aliphatic carbocycles. The molecule has 35 heavy (non-hydrogen) atoms. The molecular weight excluding hydrogens is 444 g/mol. The Morgan fingerprint density at radius 1 is 0.914 bits per heavy atom. The van der Waals surface area contributed by atoms with Gasteiger partial charge in [0.05, 0.1) is 6.54 Å². The van der Waals surface area contributed by atoms with E-state index in [1.165, 1.54) is 0 Å². The van der Waals surface area contributed by atoms with Crippen LogP contribution in [0.4, 0.5) is 4.79 Å². The Bertz CT molecular complexity index is 1240. The van der Waals surface area contributed by atoms with Crippen LogP contribution in [0.2, 0.25) is 0 Å². The molecule has 5 rings (SSSR count). The smallest absolute Gasteiger partial charge is 0.407 e. The Balaban J connectivity index is 1.19. The van der Waals surface area contributed by atoms with Gasteiger partial charge in [-0.2, -0.15) is 0 Å². The summed E-state index contributed by atoms with van der Waals surface area (Å²) < 4.78 is 5.46. The minimum atomic E-state index is -1.27. The monoisotopic (exact) mass is 470 g/mol. The number of carboxylic acids is 1. The summed E-state index contributed by atoms with van der Waals surface area (Å²) in [6.45, 7) is 0.211. The second-order valence-corrected chi connectivity index (χ2v) is 8.92. The number of benzene rings is 3. The molecule has 0 saturated heterocycles. The lowest BCUT2D eigenvalue weighted by atomic mass is 9.86. The molecule has 7 heteroatoms. The van der Waals surface area contributed by atoms with Crippen molar-refractivity contribution in [3.05, 3.63) is 95.1 Å². The topological polar surface area (TPSA) is 105 Å². The highest BCUT2D eigenvalue weighted by Crippen LogP contribution is 2.44. The lowest BCUT2D eigenvalue weighted by molar-refractivity contribution is -0.147. The zero-order chi connectivity index (χ0) is 24.4. The van der Waals surface area contributed by atoms with Crippen molar-refractivity contribution < 1.29 is 24.2 Å². The largest absolute Gasteiger partial charge is 0.481 e. The summed E-state index contributed by atoms with van der Waals surface area (Å²) in [5.74, 6) is -3.14. The summed E-state index contributed by atoms with van der Waals surface area (Å²) in [7, 11) is 0. The van der Waals surface area contributed by atoms with Crippen molar-refractivity contribution in [3.63, 3.8) is 0 Å². The van der Waals surface area contributed by atoms with Crippen LogP contribution in [-0.4, -0.2) is 42.1 Å². The summed E-state index contributed by atoms with van der Waals surface area (Å²) in [6.07, 6.45) is -0.310. The Morgan fingerprint density at radius 2 is 1.51 bits per heavy atom. The molecule has 2 atom stereocenters. The second kappa shape index (κ2) is 9.72. The molecule has 178 valence electrons. The van der Waals surface area contributed by atoms with E-state index in [0.717, 1.165) is 33.4 Å². The quantitative estimate of drug-likeness (QED) is 0.457. The number of nitrogens with one attached hydrogen (secondary N) is 2. The molecule has 0 fully saturated rings. The van der Waals surface area contributed by atoms with Crippen molar-refractivity contribution in [2.45, 2.75) is 24.9 Å². The predicted molar refractivity (Wildman–Crippen MR) is 130 cm³/mol. The Labute approximate surface area is 203 Å². The molecular formula is C28H26N2O5. The first-order chi connectivity index (χ1) is 17.0. The van der Waals surface area contributed by atoms with Crippen LogP contribution in [0.5, 0.6) is 0 Å². The first-order valence-corrected chi connectivity index (χ1v) is 11.7. The van der Waals surface area contributed by atoms with Crippen molar-refractivity contribution in [2.24, 2.45) is 5.92 Å². The van der Waals surface area contributed by atoms with Crippen LogP contribution in [0, 0.1) is 5.92 Å². The van der Waals surface area contributed by atoms with Crippen molar-refractivity contribution >= 4 is 17.8 Å². The summed E-state index contributed by atoms with van der Waals surface area (Å²) in [4.78, 5) is 37.1. The van der Waals surface area contributed by atoms with Crippen molar-refractivity contribution in [1.29, 1.82) is 0 Å². The number of hydrogen-bond acceptors (Lipinski definition) is 5. The van der Waals surface area contributed by atoms with Gasteiger partial charge >= 0.3 is 12.1 Å². The van der Waals surface area contributed by atoms with Gasteiger partial charge in [0.25, 0.3) is 0 Å². The first-order valence-electron chi connectivity index (χ1n) is 11.7. The standard InChI is InChI=1S/C28H26N2O5/c31-25(26(27(32)33)24-13-17-7-1-2-8-18(17)14-29-24)15-30-28(34)35-16-23-21-11-5-3-9-19(21)20-10-4-6-12-22(20)23/h1-12,23-24,26,29H,13-16H2,(H,30,34)(H,32,33). The fourth-order valence-electron chi connectivity index (χ4n) is 5.17. The fraction of sp³-hybridized carbons (Fsp3) is 0.250. The maximum atomic E-state index is 12.8. The van der Waals surface area contributed by atoms with E-state index in [-0.39, 0.29) is 12.5 Å². The zero-order valence-corrected chi connectivity index (χ0v) is 19.1. The molecule has 1 amide bonds. The zero-order valence-electron chi connectivity index (χ0n) is 19.1. The number of amides is 1. The predicted octanol–water partition coefficient (Wildman–Crippen LogP) is 3.51. The summed E-state index contributed by atoms with van der Waals surface area (Å²) in [5.41, 5.74) is 6.55. The number of carbonyl (C=O) groups excluding carboxylic acids is 2. The van der Waals surface area contributed by atoms with Gasteiger partial charge in [0, 0.05) is 18.5 Å². The number of carboxylic acid groups (broad SMARTS) is 1. The molecule has 0 spiro atoms. The number of aliphatic carboxylic acids is 1. The molecule has 0 radical (unpaired) electrons. The van der Waals surface area contributed by atoms with Crippen LogP contribution in [0.25, 0.3) is 11.1 Å². The van der Waals surface area contributed by atoms with Gasteiger partial charge in [0.2, 0.25) is 0 Å². The lowest BCUT2D eigenvalue weighted by Gasteiger charge is -2.29. The molecule has 3 aromatic carbocycles. The van der Waals surface area contributed by atoms with Crippen LogP contribution in [-0.2, 0) is 27.3 Å². The summed E-state index contributed by atoms with van der Waals surface area (Å²) in [6, 6.07) is 23.3. The first kappa shape index (κ1) is 22.8. The molecule has 7 nitrogen and oxygen atoms in total. The van der Waals surface area contributed by atoms with E-state index in [4.69, 9.17) is 4.74 Å². The van der Waals surface area contributed by atoms with Gasteiger partial charge < -0.3 is 20.5 Å². The number of fused-ring (bicyclic) bond motifs is 4. The normalized spacial score (nSPS) is 17.0. The van der Waals surface area contributed by atoms with E-state index in [2.05, 4.69) is 22.8 Å². The van der Waals surface area contributed by atoms with Crippen LogP contribution in [0.3, 0.4) is 0 Å². The highest BCUT2D eigenvalue weighted by atomic mass is 16.5. The van der Waals surface area contributed by atoms with Gasteiger partial charge in [-0.25, -0.2) is 4.79 Å². The molecule has 3 N–H and O–H groups in total. The summed E-state index contributed by atoms with van der Waals surface area (Å²) in [5, 5.41) is 15.3. The van der Waals surface area contributed by atoms with E-state index in [9.17, 15) is 19.5 Å². The molecule has 1 heterocycles. The summed E-state index contributed by atoms with van der Waals surface area (Å²) >= 11 is 0. The van der Waals surface area contributed by atoms with E-state index in [1.54, 1.807) is 0 Å². The van der Waals surface area contributed by atoms with Crippen LogP contribution in [0.1, 0.15) is 28.2 Å². The third-order valence-electron chi connectivity index (χ3n) is 6.88. The number of ketones is 1. The van der Waals surface area contributed by atoms with Gasteiger partial charge in [-0.05, 0) is 39.8 Å². The van der Waals surface area contributed by atoms with E-state index < -0.39 is 36.4 Å². The lowest BCUT2D eigenvalue weighted by Crippen LogP contribution is -2.50. The van der Waals surface area contributed by atoms with Gasteiger partial charge in [0.15, 0.2) is 5.78 Å². The van der Waals surface area contributed by atoms with Crippen LogP contribution >= 0.6 is 0 Å². The average Bonchev–Trinajstić information content (AvgIpc) is 3.20. The number of Topliss-reactive ketones (excluding diaryl/α,β-unsaturated/α-hetero) is 1. The van der Waals surface area contributed by atoms with Gasteiger partial charge in [-0.3, -0.25) is 9.59 Å². The Hall–Kier alpha value is -3.97.